The van der Waals surface area contributed by atoms with E-state index >= 15 is 0 Å². The number of aromatic nitrogens is 2. The molecule has 0 unspecified atom stereocenters. The molecule has 5 heteroatoms. The van der Waals surface area contributed by atoms with Crippen LogP contribution < -0.4 is 11.1 Å². The maximum atomic E-state index is 11.7. The summed E-state index contributed by atoms with van der Waals surface area (Å²) in [5, 5.41) is 7.09. The van der Waals surface area contributed by atoms with E-state index in [9.17, 15) is 4.79 Å². The van der Waals surface area contributed by atoms with Gasteiger partial charge in [0.25, 0.3) is 0 Å². The van der Waals surface area contributed by atoms with Crippen LogP contribution in [0.25, 0.3) is 0 Å². The highest BCUT2D eigenvalue weighted by Gasteiger charge is 2.17. The maximum Gasteiger partial charge on any atom is 0.226 e. The molecule has 1 rings (SSSR count). The van der Waals surface area contributed by atoms with Gasteiger partial charge in [-0.05, 0) is 20.3 Å². The SMILES string of the molecule is CCc1nn(C)cc1NC(=O)CC(C)(C)N. The van der Waals surface area contributed by atoms with Crippen molar-refractivity contribution in [3.8, 4) is 0 Å². The van der Waals surface area contributed by atoms with Gasteiger partial charge in [0.05, 0.1) is 11.4 Å². The van der Waals surface area contributed by atoms with Crippen LogP contribution in [0.4, 0.5) is 5.69 Å². The van der Waals surface area contributed by atoms with E-state index in [1.807, 2.05) is 27.8 Å². The Morgan fingerprint density at radius 3 is 2.75 bits per heavy atom. The first-order valence-electron chi connectivity index (χ1n) is 5.43. The molecular weight excluding hydrogens is 204 g/mol. The summed E-state index contributed by atoms with van der Waals surface area (Å²) in [6, 6.07) is 0. The van der Waals surface area contributed by atoms with E-state index in [0.717, 1.165) is 17.8 Å². The number of anilines is 1. The van der Waals surface area contributed by atoms with Crippen molar-refractivity contribution in [3.05, 3.63) is 11.9 Å². The fourth-order valence-electron chi connectivity index (χ4n) is 1.51. The minimum atomic E-state index is -0.487. The standard InChI is InChI=1S/C11H20N4O/c1-5-8-9(7-15(4)14-8)13-10(16)6-11(2,3)12/h7H,5-6,12H2,1-4H3,(H,13,16). The molecule has 0 aliphatic heterocycles. The molecular formula is C11H20N4O. The highest BCUT2D eigenvalue weighted by Crippen LogP contribution is 2.15. The lowest BCUT2D eigenvalue weighted by atomic mass is 10.0. The number of amides is 1. The summed E-state index contributed by atoms with van der Waals surface area (Å²) in [5.41, 5.74) is 6.97. The van der Waals surface area contributed by atoms with Crippen LogP contribution in [0.15, 0.2) is 6.20 Å². The van der Waals surface area contributed by atoms with Crippen LogP contribution in [0.1, 0.15) is 32.9 Å². The van der Waals surface area contributed by atoms with Crippen molar-refractivity contribution in [2.45, 2.75) is 39.2 Å². The minimum absolute atomic E-state index is 0.0739. The van der Waals surface area contributed by atoms with Gasteiger partial charge in [0.2, 0.25) is 5.91 Å². The van der Waals surface area contributed by atoms with Crippen molar-refractivity contribution in [1.29, 1.82) is 0 Å². The molecule has 0 saturated carbocycles. The van der Waals surface area contributed by atoms with Gasteiger partial charge in [-0.2, -0.15) is 5.10 Å². The van der Waals surface area contributed by atoms with E-state index < -0.39 is 5.54 Å². The van der Waals surface area contributed by atoms with Crippen molar-refractivity contribution in [2.24, 2.45) is 12.8 Å². The summed E-state index contributed by atoms with van der Waals surface area (Å²) in [6.07, 6.45) is 2.90. The molecule has 0 saturated heterocycles. The van der Waals surface area contributed by atoms with Crippen LogP contribution >= 0.6 is 0 Å². The van der Waals surface area contributed by atoms with Crippen LogP contribution in [0.2, 0.25) is 0 Å². The van der Waals surface area contributed by atoms with Gasteiger partial charge < -0.3 is 11.1 Å². The van der Waals surface area contributed by atoms with Gasteiger partial charge in [-0.3, -0.25) is 9.48 Å². The van der Waals surface area contributed by atoms with E-state index in [4.69, 9.17) is 5.73 Å². The molecule has 16 heavy (non-hydrogen) atoms. The molecule has 3 N–H and O–H groups in total. The number of aryl methyl sites for hydroxylation is 2. The molecule has 0 radical (unpaired) electrons. The normalized spacial score (nSPS) is 11.6. The third-order valence-corrected chi connectivity index (χ3v) is 2.13. The smallest absolute Gasteiger partial charge is 0.226 e. The third-order valence-electron chi connectivity index (χ3n) is 2.13. The maximum absolute atomic E-state index is 11.7. The zero-order valence-corrected chi connectivity index (χ0v) is 10.4. The number of hydrogen-bond acceptors (Lipinski definition) is 3. The van der Waals surface area contributed by atoms with Crippen LogP contribution in [0.5, 0.6) is 0 Å². The average molecular weight is 224 g/mol. The van der Waals surface area contributed by atoms with E-state index in [1.165, 1.54) is 0 Å². The van der Waals surface area contributed by atoms with Crippen LogP contribution in [-0.2, 0) is 18.3 Å². The van der Waals surface area contributed by atoms with Crippen LogP contribution in [0.3, 0.4) is 0 Å². The number of nitrogens with two attached hydrogens (primary N) is 1. The van der Waals surface area contributed by atoms with Gasteiger partial charge >= 0.3 is 0 Å². The number of carbonyl (C=O) groups is 1. The van der Waals surface area contributed by atoms with Gasteiger partial charge in [-0.1, -0.05) is 6.92 Å². The van der Waals surface area contributed by atoms with Gasteiger partial charge in [0.15, 0.2) is 0 Å². The molecule has 0 aromatic carbocycles. The van der Waals surface area contributed by atoms with E-state index in [0.29, 0.717) is 6.42 Å². The quantitative estimate of drug-likeness (QED) is 0.802. The van der Waals surface area contributed by atoms with Gasteiger partial charge in [0.1, 0.15) is 0 Å². The Morgan fingerprint density at radius 2 is 2.25 bits per heavy atom. The monoisotopic (exact) mass is 224 g/mol. The molecule has 0 spiro atoms. The first-order chi connectivity index (χ1) is 7.31. The molecule has 0 fully saturated rings. The van der Waals surface area contributed by atoms with Crippen molar-refractivity contribution < 1.29 is 4.79 Å². The zero-order valence-electron chi connectivity index (χ0n) is 10.4. The highest BCUT2D eigenvalue weighted by atomic mass is 16.1. The number of nitrogens with one attached hydrogen (secondary N) is 1. The summed E-state index contributed by atoms with van der Waals surface area (Å²) in [4.78, 5) is 11.7. The molecule has 5 nitrogen and oxygen atoms in total. The Kier molecular flexibility index (Phi) is 3.70. The number of rotatable bonds is 4. The second kappa shape index (κ2) is 4.65. The first kappa shape index (κ1) is 12.7. The predicted octanol–water partition coefficient (Wildman–Crippen LogP) is 1.05. The van der Waals surface area contributed by atoms with E-state index in [1.54, 1.807) is 10.9 Å². The minimum Gasteiger partial charge on any atom is -0.325 e. The second-order valence-corrected chi connectivity index (χ2v) is 4.73. The number of carbonyl (C=O) groups excluding carboxylic acids is 1. The number of hydrogen-bond donors (Lipinski definition) is 2. The van der Waals surface area contributed by atoms with Crippen molar-refractivity contribution in [3.63, 3.8) is 0 Å². The van der Waals surface area contributed by atoms with Crippen molar-refractivity contribution >= 4 is 11.6 Å². The summed E-state index contributed by atoms with van der Waals surface area (Å²) in [5.74, 6) is -0.0739. The first-order valence-corrected chi connectivity index (χ1v) is 5.43. The van der Waals surface area contributed by atoms with Crippen LogP contribution in [-0.4, -0.2) is 21.2 Å². The summed E-state index contributed by atoms with van der Waals surface area (Å²) in [7, 11) is 1.84. The molecule has 1 aromatic rings. The molecule has 1 amide bonds. The zero-order chi connectivity index (χ0) is 12.3. The summed E-state index contributed by atoms with van der Waals surface area (Å²) < 4.78 is 1.70. The summed E-state index contributed by atoms with van der Waals surface area (Å²) >= 11 is 0. The Bertz CT molecular complexity index is 376. The largest absolute Gasteiger partial charge is 0.325 e. The lowest BCUT2D eigenvalue weighted by molar-refractivity contribution is -0.117. The molecule has 0 bridgehead atoms. The molecule has 1 aromatic heterocycles. The Labute approximate surface area is 96.0 Å². The van der Waals surface area contributed by atoms with Gasteiger partial charge in [-0.25, -0.2) is 0 Å². The van der Waals surface area contributed by atoms with Gasteiger partial charge in [-0.15, -0.1) is 0 Å². The fraction of sp³-hybridized carbons (Fsp3) is 0.636. The Hall–Kier alpha value is -1.36. The molecule has 90 valence electrons. The highest BCUT2D eigenvalue weighted by molar-refractivity contribution is 5.91. The predicted molar refractivity (Wildman–Crippen MR) is 64.1 cm³/mol. The van der Waals surface area contributed by atoms with Crippen LogP contribution in [0, 0.1) is 0 Å². The average Bonchev–Trinajstić information content (AvgIpc) is 2.42. The lowest BCUT2D eigenvalue weighted by Crippen LogP contribution is -2.36. The molecule has 0 aliphatic carbocycles. The fourth-order valence-corrected chi connectivity index (χ4v) is 1.51. The summed E-state index contributed by atoms with van der Waals surface area (Å²) in [6.45, 7) is 5.66. The Morgan fingerprint density at radius 1 is 1.62 bits per heavy atom. The Balaban J connectivity index is 2.69. The van der Waals surface area contributed by atoms with Crippen molar-refractivity contribution in [1.82, 2.24) is 9.78 Å². The second-order valence-electron chi connectivity index (χ2n) is 4.73. The third kappa shape index (κ3) is 3.66. The molecule has 1 heterocycles. The van der Waals surface area contributed by atoms with E-state index in [2.05, 4.69) is 10.4 Å². The lowest BCUT2D eigenvalue weighted by Gasteiger charge is -2.17. The number of nitrogens with zero attached hydrogens (tertiary/aromatic N) is 2. The van der Waals surface area contributed by atoms with E-state index in [-0.39, 0.29) is 5.91 Å². The molecule has 0 aliphatic rings. The topological polar surface area (TPSA) is 72.9 Å². The molecule has 0 atom stereocenters. The van der Waals surface area contributed by atoms with Gasteiger partial charge in [0, 0.05) is 25.2 Å². The van der Waals surface area contributed by atoms with Crippen molar-refractivity contribution in [2.75, 3.05) is 5.32 Å².